The quantitative estimate of drug-likeness (QED) is 0.409. The summed E-state index contributed by atoms with van der Waals surface area (Å²) in [4.78, 5) is 18.4. The van der Waals surface area contributed by atoms with Gasteiger partial charge in [0, 0.05) is 26.7 Å². The van der Waals surface area contributed by atoms with Crippen LogP contribution < -0.4 is 21.3 Å². The van der Waals surface area contributed by atoms with E-state index in [0.717, 1.165) is 31.5 Å². The number of halogens is 1. The number of nitrogens with one attached hydrogen (secondary N) is 4. The van der Waals surface area contributed by atoms with Crippen molar-refractivity contribution in [1.29, 1.82) is 0 Å². The lowest BCUT2D eigenvalue weighted by Crippen LogP contribution is -2.12. The third-order valence-electron chi connectivity index (χ3n) is 4.22. The Morgan fingerprint density at radius 1 is 0.759 bits per heavy atom. The van der Waals surface area contributed by atoms with Crippen LogP contribution in [-0.2, 0) is 6.54 Å². The van der Waals surface area contributed by atoms with Gasteiger partial charge in [-0.05, 0) is 30.5 Å². The van der Waals surface area contributed by atoms with Crippen LogP contribution in [0.4, 0.5) is 27.9 Å². The van der Waals surface area contributed by atoms with E-state index in [1.807, 2.05) is 0 Å². The molecule has 0 unspecified atom stereocenters. The highest BCUT2D eigenvalue weighted by Crippen LogP contribution is 2.27. The zero-order valence-corrected chi connectivity index (χ0v) is 17.0. The molecule has 0 atom stereocenters. The second kappa shape index (κ2) is 9.81. The van der Waals surface area contributed by atoms with Gasteiger partial charge in [-0.2, -0.15) is 9.97 Å². The molecule has 0 aliphatic rings. The van der Waals surface area contributed by atoms with E-state index in [4.69, 9.17) is 0 Å². The summed E-state index contributed by atoms with van der Waals surface area (Å²) in [6.45, 7) is 6.20. The summed E-state index contributed by atoms with van der Waals surface area (Å²) >= 11 is 0. The Morgan fingerprint density at radius 3 is 1.86 bits per heavy atom. The Labute approximate surface area is 169 Å². The average Bonchev–Trinajstić information content (AvgIpc) is 2.75. The van der Waals surface area contributed by atoms with E-state index in [9.17, 15) is 4.39 Å². The molecule has 2 heterocycles. The number of hydrogen-bond donors (Lipinski definition) is 4. The molecule has 0 radical (unpaired) electrons. The van der Waals surface area contributed by atoms with E-state index in [1.165, 1.54) is 12.1 Å². The van der Waals surface area contributed by atoms with Crippen LogP contribution >= 0.6 is 0 Å². The minimum atomic E-state index is -0.258. The normalized spacial score (nSPS) is 10.8. The van der Waals surface area contributed by atoms with Gasteiger partial charge in [0.15, 0.2) is 11.6 Å². The molecule has 0 amide bonds. The predicted octanol–water partition coefficient (Wildman–Crippen LogP) is 3.86. The van der Waals surface area contributed by atoms with E-state index in [1.54, 1.807) is 19.2 Å². The van der Waals surface area contributed by atoms with Crippen molar-refractivity contribution < 1.29 is 4.39 Å². The SMILES string of the molecule is CCCNc1nc(NCc2ccc(F)cc2)nc2c(NCCC)nc(NC)nc12. The van der Waals surface area contributed by atoms with E-state index in [-0.39, 0.29) is 5.82 Å². The van der Waals surface area contributed by atoms with Crippen molar-refractivity contribution >= 4 is 34.6 Å². The lowest BCUT2D eigenvalue weighted by molar-refractivity contribution is 0.627. The van der Waals surface area contributed by atoms with Crippen molar-refractivity contribution in [3.8, 4) is 0 Å². The summed E-state index contributed by atoms with van der Waals surface area (Å²) in [6, 6.07) is 6.34. The molecular formula is C20H27FN8. The fraction of sp³-hybridized carbons (Fsp3) is 0.400. The van der Waals surface area contributed by atoms with Gasteiger partial charge in [-0.1, -0.05) is 26.0 Å². The highest BCUT2D eigenvalue weighted by molar-refractivity contribution is 5.94. The molecule has 2 aromatic heterocycles. The van der Waals surface area contributed by atoms with Gasteiger partial charge in [0.1, 0.15) is 16.9 Å². The van der Waals surface area contributed by atoms with Crippen LogP contribution in [0.2, 0.25) is 0 Å². The van der Waals surface area contributed by atoms with Crippen LogP contribution in [0.3, 0.4) is 0 Å². The largest absolute Gasteiger partial charge is 0.368 e. The summed E-state index contributed by atoms with van der Waals surface area (Å²) in [6.07, 6.45) is 1.91. The van der Waals surface area contributed by atoms with Crippen LogP contribution in [0, 0.1) is 5.82 Å². The monoisotopic (exact) mass is 398 g/mol. The van der Waals surface area contributed by atoms with Crippen molar-refractivity contribution in [3.63, 3.8) is 0 Å². The van der Waals surface area contributed by atoms with Crippen molar-refractivity contribution in [2.45, 2.75) is 33.2 Å². The Morgan fingerprint density at radius 2 is 1.31 bits per heavy atom. The molecule has 154 valence electrons. The molecule has 3 aromatic rings. The standard InChI is InChI=1S/C20H27FN8/c1-4-10-23-17-16-15(26-19(22-3)28-17)18(24-11-5-2)29-20(27-16)25-12-13-6-8-14(21)9-7-13/h6-9H,4-5,10-12H2,1-3H3,(H2,22,23,26,28)(H2,24,25,27,29). The van der Waals surface area contributed by atoms with Gasteiger partial charge in [0.25, 0.3) is 0 Å². The summed E-state index contributed by atoms with van der Waals surface area (Å²) in [5.41, 5.74) is 2.24. The first-order chi connectivity index (χ1) is 14.1. The summed E-state index contributed by atoms with van der Waals surface area (Å²) in [5.74, 6) is 2.02. The molecule has 9 heteroatoms. The summed E-state index contributed by atoms with van der Waals surface area (Å²) in [5, 5.41) is 12.9. The van der Waals surface area contributed by atoms with Crippen LogP contribution in [0.1, 0.15) is 32.3 Å². The molecule has 0 bridgehead atoms. The minimum absolute atomic E-state index is 0.258. The summed E-state index contributed by atoms with van der Waals surface area (Å²) in [7, 11) is 1.78. The van der Waals surface area contributed by atoms with Crippen LogP contribution in [-0.4, -0.2) is 40.1 Å². The van der Waals surface area contributed by atoms with Gasteiger partial charge in [0.2, 0.25) is 11.9 Å². The van der Waals surface area contributed by atoms with E-state index in [2.05, 4.69) is 55.1 Å². The number of hydrogen-bond acceptors (Lipinski definition) is 8. The number of rotatable bonds is 10. The van der Waals surface area contributed by atoms with Crippen LogP contribution in [0.15, 0.2) is 24.3 Å². The van der Waals surface area contributed by atoms with Gasteiger partial charge in [-0.25, -0.2) is 14.4 Å². The van der Waals surface area contributed by atoms with Crippen molar-refractivity contribution in [2.75, 3.05) is 41.4 Å². The second-order valence-corrected chi connectivity index (χ2v) is 6.57. The molecule has 0 aliphatic heterocycles. The molecule has 8 nitrogen and oxygen atoms in total. The predicted molar refractivity (Wildman–Crippen MR) is 116 cm³/mol. The lowest BCUT2D eigenvalue weighted by atomic mass is 10.2. The van der Waals surface area contributed by atoms with Crippen molar-refractivity contribution in [2.24, 2.45) is 0 Å². The Hall–Kier alpha value is -3.23. The fourth-order valence-corrected chi connectivity index (χ4v) is 2.72. The number of benzene rings is 1. The molecular weight excluding hydrogens is 371 g/mol. The molecule has 0 saturated carbocycles. The van der Waals surface area contributed by atoms with Crippen LogP contribution in [0.25, 0.3) is 11.0 Å². The second-order valence-electron chi connectivity index (χ2n) is 6.57. The third kappa shape index (κ3) is 5.18. The van der Waals surface area contributed by atoms with Gasteiger partial charge >= 0.3 is 0 Å². The highest BCUT2D eigenvalue weighted by atomic mass is 19.1. The zero-order chi connectivity index (χ0) is 20.6. The lowest BCUT2D eigenvalue weighted by Gasteiger charge is -2.14. The first-order valence-electron chi connectivity index (χ1n) is 9.88. The van der Waals surface area contributed by atoms with E-state index in [0.29, 0.717) is 41.1 Å². The Kier molecular flexibility index (Phi) is 6.94. The Bertz CT molecular complexity index is 945. The number of anilines is 4. The topological polar surface area (TPSA) is 99.7 Å². The Balaban J connectivity index is 1.99. The molecule has 3 rings (SSSR count). The van der Waals surface area contributed by atoms with Gasteiger partial charge in [-0.15, -0.1) is 0 Å². The molecule has 0 aliphatic carbocycles. The molecule has 29 heavy (non-hydrogen) atoms. The van der Waals surface area contributed by atoms with Gasteiger partial charge in [-0.3, -0.25) is 0 Å². The maximum Gasteiger partial charge on any atom is 0.225 e. The first-order valence-corrected chi connectivity index (χ1v) is 9.88. The summed E-state index contributed by atoms with van der Waals surface area (Å²) < 4.78 is 13.1. The maximum atomic E-state index is 13.1. The van der Waals surface area contributed by atoms with Gasteiger partial charge < -0.3 is 21.3 Å². The van der Waals surface area contributed by atoms with E-state index < -0.39 is 0 Å². The molecule has 0 fully saturated rings. The maximum absolute atomic E-state index is 13.1. The van der Waals surface area contributed by atoms with Crippen molar-refractivity contribution in [3.05, 3.63) is 35.6 Å². The average molecular weight is 398 g/mol. The molecule has 1 aromatic carbocycles. The minimum Gasteiger partial charge on any atom is -0.368 e. The number of aromatic nitrogens is 4. The first kappa shape index (κ1) is 20.5. The molecule has 0 spiro atoms. The van der Waals surface area contributed by atoms with Gasteiger partial charge in [0.05, 0.1) is 0 Å². The highest BCUT2D eigenvalue weighted by Gasteiger charge is 2.15. The van der Waals surface area contributed by atoms with Crippen molar-refractivity contribution in [1.82, 2.24) is 19.9 Å². The smallest absolute Gasteiger partial charge is 0.225 e. The number of nitrogens with zero attached hydrogens (tertiary/aromatic N) is 4. The van der Waals surface area contributed by atoms with Crippen LogP contribution in [0.5, 0.6) is 0 Å². The number of fused-ring (bicyclic) bond motifs is 1. The third-order valence-corrected chi connectivity index (χ3v) is 4.22. The zero-order valence-electron chi connectivity index (χ0n) is 17.0. The molecule has 0 saturated heterocycles. The molecule has 4 N–H and O–H groups in total. The van der Waals surface area contributed by atoms with E-state index >= 15 is 0 Å². The fourth-order valence-electron chi connectivity index (χ4n) is 2.72.